The number of hydrogen-bond donors (Lipinski definition) is 2. The highest BCUT2D eigenvalue weighted by Crippen LogP contribution is 2.24. The maximum Gasteiger partial charge on any atom is 0.261 e. The van der Waals surface area contributed by atoms with Crippen LogP contribution in [0.3, 0.4) is 0 Å². The van der Waals surface area contributed by atoms with Crippen molar-refractivity contribution >= 4 is 11.7 Å². The highest BCUT2D eigenvalue weighted by atomic mass is 16.2. The average Bonchev–Trinajstić information content (AvgIpc) is 3.11. The van der Waals surface area contributed by atoms with Crippen LogP contribution < -0.4 is 10.9 Å². The van der Waals surface area contributed by atoms with Gasteiger partial charge in [-0.1, -0.05) is 6.92 Å². The topological polar surface area (TPSA) is 79.0 Å². The first-order valence-corrected chi connectivity index (χ1v) is 6.65. The Kier molecular flexibility index (Phi) is 2.77. The van der Waals surface area contributed by atoms with Crippen molar-refractivity contribution in [1.82, 2.24) is 10.3 Å². The molecule has 3 rings (SSSR count). The Labute approximate surface area is 110 Å². The molecule has 0 spiro atoms. The van der Waals surface area contributed by atoms with Crippen molar-refractivity contribution in [3.63, 3.8) is 0 Å². The summed E-state index contributed by atoms with van der Waals surface area (Å²) in [6.07, 6.45) is 3.08. The largest absolute Gasteiger partial charge is 0.349 e. The predicted octanol–water partition coefficient (Wildman–Crippen LogP) is 1.03. The number of ketones is 1. The summed E-state index contributed by atoms with van der Waals surface area (Å²) >= 11 is 0. The Morgan fingerprint density at radius 3 is 2.74 bits per heavy atom. The maximum atomic E-state index is 12.0. The fourth-order valence-electron chi connectivity index (χ4n) is 2.49. The minimum absolute atomic E-state index is 0.00507. The van der Waals surface area contributed by atoms with Gasteiger partial charge in [0.25, 0.3) is 11.5 Å². The number of carbonyl (C=O) groups excluding carboxylic acids is 2. The minimum Gasteiger partial charge on any atom is -0.349 e. The normalized spacial score (nSPS) is 21.9. The van der Waals surface area contributed by atoms with Gasteiger partial charge >= 0.3 is 0 Å². The molecule has 5 heteroatoms. The molecule has 2 aliphatic carbocycles. The Morgan fingerprint density at radius 2 is 2.05 bits per heavy atom. The molecule has 1 unspecified atom stereocenters. The molecule has 1 aromatic rings. The number of amides is 1. The molecule has 2 N–H and O–H groups in total. The van der Waals surface area contributed by atoms with E-state index in [2.05, 4.69) is 10.3 Å². The molecule has 0 aromatic carbocycles. The van der Waals surface area contributed by atoms with Crippen molar-refractivity contribution in [1.29, 1.82) is 0 Å². The van der Waals surface area contributed by atoms with Gasteiger partial charge in [-0.2, -0.15) is 0 Å². The van der Waals surface area contributed by atoms with Gasteiger partial charge in [-0.05, 0) is 31.2 Å². The number of aromatic nitrogens is 1. The molecule has 1 heterocycles. The summed E-state index contributed by atoms with van der Waals surface area (Å²) in [5.74, 6) is -0.134. The first-order valence-electron chi connectivity index (χ1n) is 6.65. The molecule has 0 saturated heterocycles. The predicted molar refractivity (Wildman–Crippen MR) is 69.4 cm³/mol. The van der Waals surface area contributed by atoms with Crippen LogP contribution in [0.2, 0.25) is 0 Å². The molecule has 100 valence electrons. The zero-order chi connectivity index (χ0) is 13.6. The van der Waals surface area contributed by atoms with Gasteiger partial charge in [-0.25, -0.2) is 0 Å². The summed E-state index contributed by atoms with van der Waals surface area (Å²) in [5, 5.41) is 2.77. The van der Waals surface area contributed by atoms with Gasteiger partial charge in [0.2, 0.25) is 0 Å². The molecule has 1 atom stereocenters. The number of rotatable bonds is 2. The molecule has 19 heavy (non-hydrogen) atoms. The quantitative estimate of drug-likeness (QED) is 0.833. The minimum atomic E-state index is -0.404. The highest BCUT2D eigenvalue weighted by molar-refractivity contribution is 6.01. The highest BCUT2D eigenvalue weighted by Gasteiger charge is 2.28. The summed E-state index contributed by atoms with van der Waals surface area (Å²) in [6, 6.07) is 1.65. The fraction of sp³-hybridized carbons (Fsp3) is 0.500. The third-order valence-electron chi connectivity index (χ3n) is 3.67. The van der Waals surface area contributed by atoms with Crippen LogP contribution in [0.5, 0.6) is 0 Å². The third kappa shape index (κ3) is 2.32. The number of carbonyl (C=O) groups is 2. The van der Waals surface area contributed by atoms with Crippen molar-refractivity contribution < 1.29 is 9.59 Å². The number of fused-ring (bicyclic) bond motifs is 1. The Bertz CT molecular complexity index is 614. The number of Topliss-reactive ketones (excluding diaryl/α,β-unsaturated/α-hetero) is 1. The lowest BCUT2D eigenvalue weighted by Gasteiger charge is -2.20. The zero-order valence-electron chi connectivity index (χ0n) is 10.8. The van der Waals surface area contributed by atoms with E-state index < -0.39 is 5.56 Å². The average molecular weight is 260 g/mol. The second kappa shape index (κ2) is 4.33. The fourth-order valence-corrected chi connectivity index (χ4v) is 2.49. The van der Waals surface area contributed by atoms with E-state index in [9.17, 15) is 14.4 Å². The molecule has 1 fully saturated rings. The second-order valence-electron chi connectivity index (χ2n) is 5.59. The first-order chi connectivity index (χ1) is 9.04. The van der Waals surface area contributed by atoms with Crippen LogP contribution in [-0.2, 0) is 6.42 Å². The van der Waals surface area contributed by atoms with E-state index in [1.807, 2.05) is 6.92 Å². The van der Waals surface area contributed by atoms with Gasteiger partial charge in [0.15, 0.2) is 5.78 Å². The van der Waals surface area contributed by atoms with Gasteiger partial charge in [0.1, 0.15) is 5.56 Å². The summed E-state index contributed by atoms with van der Waals surface area (Å²) in [4.78, 5) is 38.5. The van der Waals surface area contributed by atoms with E-state index in [4.69, 9.17) is 0 Å². The summed E-state index contributed by atoms with van der Waals surface area (Å²) in [7, 11) is 0. The van der Waals surface area contributed by atoms with E-state index in [1.54, 1.807) is 0 Å². The van der Waals surface area contributed by atoms with Gasteiger partial charge in [-0.15, -0.1) is 0 Å². The molecular formula is C14H16N2O3. The van der Waals surface area contributed by atoms with E-state index in [1.165, 1.54) is 6.07 Å². The van der Waals surface area contributed by atoms with Gasteiger partial charge in [0, 0.05) is 23.7 Å². The van der Waals surface area contributed by atoms with Crippen LogP contribution in [0.4, 0.5) is 0 Å². The first kappa shape index (κ1) is 12.1. The molecule has 1 amide bonds. The van der Waals surface area contributed by atoms with Gasteiger partial charge in [-0.3, -0.25) is 14.4 Å². The monoisotopic (exact) mass is 260 g/mol. The van der Waals surface area contributed by atoms with E-state index in [-0.39, 0.29) is 29.2 Å². The lowest BCUT2D eigenvalue weighted by molar-refractivity contribution is 0.0949. The Balaban J connectivity index is 1.98. The van der Waals surface area contributed by atoms with Crippen LogP contribution in [0.25, 0.3) is 0 Å². The molecule has 1 saturated carbocycles. The lowest BCUT2D eigenvalue weighted by atomic mass is 9.86. The smallest absolute Gasteiger partial charge is 0.261 e. The number of pyridine rings is 1. The number of hydrogen-bond acceptors (Lipinski definition) is 3. The van der Waals surface area contributed by atoms with Crippen LogP contribution in [0, 0.1) is 5.92 Å². The molecule has 0 bridgehead atoms. The van der Waals surface area contributed by atoms with E-state index >= 15 is 0 Å². The van der Waals surface area contributed by atoms with Crippen LogP contribution in [0.1, 0.15) is 52.6 Å². The standard InChI is InChI=1S/C14H16N2O3/c1-7-4-11-9(12(17)5-7)6-10(14(19)16-11)13(18)15-8-2-3-8/h6-8H,2-5H2,1H3,(H,15,18)(H,16,19). The van der Waals surface area contributed by atoms with Crippen molar-refractivity contribution in [2.75, 3.05) is 0 Å². The molecule has 2 aliphatic rings. The molecule has 1 aromatic heterocycles. The van der Waals surface area contributed by atoms with Gasteiger partial charge in [0.05, 0.1) is 0 Å². The Morgan fingerprint density at radius 1 is 1.32 bits per heavy atom. The van der Waals surface area contributed by atoms with Gasteiger partial charge < -0.3 is 10.3 Å². The molecular weight excluding hydrogens is 244 g/mol. The SMILES string of the molecule is CC1CC(=O)c2cc(C(=O)NC3CC3)c(=O)[nH]c2C1. The second-order valence-corrected chi connectivity index (χ2v) is 5.59. The maximum absolute atomic E-state index is 12.0. The summed E-state index contributed by atoms with van der Waals surface area (Å²) in [6.45, 7) is 1.98. The number of nitrogens with one attached hydrogen (secondary N) is 2. The zero-order valence-corrected chi connectivity index (χ0v) is 10.8. The van der Waals surface area contributed by atoms with Crippen molar-refractivity contribution in [2.24, 2.45) is 5.92 Å². The van der Waals surface area contributed by atoms with Crippen LogP contribution in [0.15, 0.2) is 10.9 Å². The van der Waals surface area contributed by atoms with Crippen molar-refractivity contribution in [3.05, 3.63) is 33.2 Å². The molecule has 0 aliphatic heterocycles. The lowest BCUT2D eigenvalue weighted by Crippen LogP contribution is -2.33. The van der Waals surface area contributed by atoms with E-state index in [0.717, 1.165) is 12.8 Å². The van der Waals surface area contributed by atoms with Crippen molar-refractivity contribution in [2.45, 2.75) is 38.6 Å². The molecule has 0 radical (unpaired) electrons. The summed E-state index contributed by atoms with van der Waals surface area (Å²) < 4.78 is 0. The third-order valence-corrected chi connectivity index (χ3v) is 3.67. The number of H-pyrrole nitrogens is 1. The van der Waals surface area contributed by atoms with E-state index in [0.29, 0.717) is 24.1 Å². The van der Waals surface area contributed by atoms with Crippen molar-refractivity contribution in [3.8, 4) is 0 Å². The molecule has 5 nitrogen and oxygen atoms in total. The summed E-state index contributed by atoms with van der Waals surface area (Å²) in [5.41, 5.74) is 0.808. The van der Waals surface area contributed by atoms with Crippen LogP contribution in [-0.4, -0.2) is 22.7 Å². The Hall–Kier alpha value is -1.91. The number of aromatic amines is 1. The van der Waals surface area contributed by atoms with Crippen LogP contribution >= 0.6 is 0 Å².